The highest BCUT2D eigenvalue weighted by molar-refractivity contribution is 5.70. The van der Waals surface area contributed by atoms with Gasteiger partial charge in [-0.1, -0.05) is 0 Å². The van der Waals surface area contributed by atoms with Crippen LogP contribution in [0.1, 0.15) is 34.1 Å². The standard InChI is InChI=1S/C11H21NO5/c1-5-16-9(14)6-8(13)7-12-10(15)17-11(2,3)4/h8,13H,5-7H2,1-4H3,(H,12,15)/t8-/m1/s1. The van der Waals surface area contributed by atoms with Crippen LogP contribution in [-0.4, -0.2) is 42.0 Å². The summed E-state index contributed by atoms with van der Waals surface area (Å²) in [6.07, 6.45) is -1.74. The zero-order chi connectivity index (χ0) is 13.5. The molecule has 0 saturated heterocycles. The van der Waals surface area contributed by atoms with Crippen molar-refractivity contribution in [3.05, 3.63) is 0 Å². The predicted octanol–water partition coefficient (Wildman–Crippen LogP) is 0.825. The van der Waals surface area contributed by atoms with Crippen molar-refractivity contribution in [2.75, 3.05) is 13.2 Å². The minimum Gasteiger partial charge on any atom is -0.466 e. The average molecular weight is 247 g/mol. The Kier molecular flexibility index (Phi) is 6.57. The van der Waals surface area contributed by atoms with Crippen molar-refractivity contribution >= 4 is 12.1 Å². The third kappa shape index (κ3) is 9.62. The Morgan fingerprint density at radius 1 is 1.35 bits per heavy atom. The molecule has 0 saturated carbocycles. The number of hydrogen-bond donors (Lipinski definition) is 2. The first-order valence-corrected chi connectivity index (χ1v) is 5.55. The lowest BCUT2D eigenvalue weighted by molar-refractivity contribution is -0.145. The maximum atomic E-state index is 11.2. The number of alkyl carbamates (subject to hydrolysis) is 1. The van der Waals surface area contributed by atoms with Crippen LogP contribution < -0.4 is 5.32 Å². The van der Waals surface area contributed by atoms with Gasteiger partial charge in [0.05, 0.1) is 19.1 Å². The summed E-state index contributed by atoms with van der Waals surface area (Å²) in [6.45, 7) is 7.12. The first kappa shape index (κ1) is 15.7. The number of amides is 1. The second kappa shape index (κ2) is 7.11. The summed E-state index contributed by atoms with van der Waals surface area (Å²) < 4.78 is 9.62. The number of aliphatic hydroxyl groups is 1. The Hall–Kier alpha value is -1.30. The fourth-order valence-corrected chi connectivity index (χ4v) is 1.000. The molecule has 17 heavy (non-hydrogen) atoms. The molecule has 0 aromatic carbocycles. The topological polar surface area (TPSA) is 84.9 Å². The molecule has 100 valence electrons. The van der Waals surface area contributed by atoms with Gasteiger partial charge in [0, 0.05) is 6.54 Å². The summed E-state index contributed by atoms with van der Waals surface area (Å²) in [5, 5.41) is 11.8. The van der Waals surface area contributed by atoms with E-state index in [-0.39, 0.29) is 19.6 Å². The molecule has 6 nitrogen and oxygen atoms in total. The molecule has 6 heteroatoms. The summed E-state index contributed by atoms with van der Waals surface area (Å²) in [6, 6.07) is 0. The Bertz CT molecular complexity index is 259. The zero-order valence-corrected chi connectivity index (χ0v) is 10.8. The first-order chi connectivity index (χ1) is 7.74. The first-order valence-electron chi connectivity index (χ1n) is 5.55. The second-order valence-corrected chi connectivity index (χ2v) is 4.55. The van der Waals surface area contributed by atoms with E-state index in [0.717, 1.165) is 0 Å². The lowest BCUT2D eigenvalue weighted by Crippen LogP contribution is -2.37. The molecule has 0 aliphatic heterocycles. The SMILES string of the molecule is CCOC(=O)C[C@@H](O)CNC(=O)OC(C)(C)C. The van der Waals surface area contributed by atoms with E-state index in [1.54, 1.807) is 27.7 Å². The number of carbonyl (C=O) groups is 2. The van der Waals surface area contributed by atoms with Crippen molar-refractivity contribution in [3.8, 4) is 0 Å². The Morgan fingerprint density at radius 2 is 1.94 bits per heavy atom. The van der Waals surface area contributed by atoms with Crippen LogP contribution >= 0.6 is 0 Å². The largest absolute Gasteiger partial charge is 0.466 e. The molecule has 1 atom stereocenters. The molecule has 0 aliphatic carbocycles. The van der Waals surface area contributed by atoms with E-state index in [1.807, 2.05) is 0 Å². The van der Waals surface area contributed by atoms with Crippen LogP contribution in [0.15, 0.2) is 0 Å². The van der Waals surface area contributed by atoms with Gasteiger partial charge in [-0.2, -0.15) is 0 Å². The Labute approximate surface area is 101 Å². The van der Waals surface area contributed by atoms with Gasteiger partial charge in [0.2, 0.25) is 0 Å². The van der Waals surface area contributed by atoms with Crippen LogP contribution in [0.25, 0.3) is 0 Å². The molecular formula is C11H21NO5. The minimum absolute atomic E-state index is 0.0479. The van der Waals surface area contributed by atoms with Gasteiger partial charge >= 0.3 is 12.1 Å². The van der Waals surface area contributed by atoms with Crippen molar-refractivity contribution in [3.63, 3.8) is 0 Å². The van der Waals surface area contributed by atoms with Gasteiger partial charge in [0.15, 0.2) is 0 Å². The van der Waals surface area contributed by atoms with Gasteiger partial charge < -0.3 is 19.9 Å². The number of esters is 1. The summed E-state index contributed by atoms with van der Waals surface area (Å²) >= 11 is 0. The van der Waals surface area contributed by atoms with Crippen LogP contribution in [-0.2, 0) is 14.3 Å². The molecule has 0 aliphatic rings. The van der Waals surface area contributed by atoms with Crippen molar-refractivity contribution in [1.29, 1.82) is 0 Å². The second-order valence-electron chi connectivity index (χ2n) is 4.55. The number of hydrogen-bond acceptors (Lipinski definition) is 5. The summed E-state index contributed by atoms with van der Waals surface area (Å²) in [7, 11) is 0. The Balaban J connectivity index is 3.80. The van der Waals surface area contributed by atoms with E-state index < -0.39 is 23.8 Å². The van der Waals surface area contributed by atoms with Gasteiger partial charge in [0.25, 0.3) is 0 Å². The van der Waals surface area contributed by atoms with Crippen LogP contribution in [0.3, 0.4) is 0 Å². The molecule has 0 heterocycles. The Morgan fingerprint density at radius 3 is 2.41 bits per heavy atom. The molecule has 0 bridgehead atoms. The molecule has 2 N–H and O–H groups in total. The molecule has 0 spiro atoms. The third-order valence-corrected chi connectivity index (χ3v) is 1.59. The lowest BCUT2D eigenvalue weighted by atomic mass is 10.2. The normalized spacial score (nSPS) is 12.8. The zero-order valence-electron chi connectivity index (χ0n) is 10.8. The number of rotatable bonds is 5. The van der Waals surface area contributed by atoms with Gasteiger partial charge in [-0.3, -0.25) is 4.79 Å². The van der Waals surface area contributed by atoms with Crippen LogP contribution in [0.4, 0.5) is 4.79 Å². The van der Waals surface area contributed by atoms with E-state index >= 15 is 0 Å². The molecule has 0 rings (SSSR count). The lowest BCUT2D eigenvalue weighted by Gasteiger charge is -2.20. The molecule has 1 amide bonds. The predicted molar refractivity (Wildman–Crippen MR) is 61.5 cm³/mol. The average Bonchev–Trinajstić information content (AvgIpc) is 2.12. The van der Waals surface area contributed by atoms with E-state index in [2.05, 4.69) is 10.1 Å². The third-order valence-electron chi connectivity index (χ3n) is 1.59. The molecular weight excluding hydrogens is 226 g/mol. The summed E-state index contributed by atoms with van der Waals surface area (Å²) in [5.74, 6) is -0.494. The monoisotopic (exact) mass is 247 g/mol. The number of carbonyl (C=O) groups excluding carboxylic acids is 2. The molecule has 0 fully saturated rings. The summed E-state index contributed by atoms with van der Waals surface area (Å²) in [4.78, 5) is 22.2. The molecule has 0 aromatic rings. The minimum atomic E-state index is -0.971. The highest BCUT2D eigenvalue weighted by Gasteiger charge is 2.18. The fraction of sp³-hybridized carbons (Fsp3) is 0.818. The quantitative estimate of drug-likeness (QED) is 0.703. The van der Waals surface area contributed by atoms with Gasteiger partial charge in [-0.05, 0) is 27.7 Å². The van der Waals surface area contributed by atoms with Gasteiger partial charge in [0.1, 0.15) is 5.60 Å². The van der Waals surface area contributed by atoms with Crippen molar-refractivity contribution in [2.45, 2.75) is 45.8 Å². The molecule has 0 unspecified atom stereocenters. The van der Waals surface area contributed by atoms with Crippen LogP contribution in [0, 0.1) is 0 Å². The number of ether oxygens (including phenoxy) is 2. The molecule has 0 radical (unpaired) electrons. The van der Waals surface area contributed by atoms with Crippen LogP contribution in [0.2, 0.25) is 0 Å². The van der Waals surface area contributed by atoms with Crippen molar-refractivity contribution in [2.24, 2.45) is 0 Å². The highest BCUT2D eigenvalue weighted by Crippen LogP contribution is 2.06. The van der Waals surface area contributed by atoms with Gasteiger partial charge in [-0.15, -0.1) is 0 Å². The fourth-order valence-electron chi connectivity index (χ4n) is 1.000. The van der Waals surface area contributed by atoms with E-state index in [1.165, 1.54) is 0 Å². The number of aliphatic hydroxyl groups excluding tert-OH is 1. The van der Waals surface area contributed by atoms with Gasteiger partial charge in [-0.25, -0.2) is 4.79 Å². The highest BCUT2D eigenvalue weighted by atomic mass is 16.6. The number of nitrogens with one attached hydrogen (secondary N) is 1. The molecule has 0 aromatic heterocycles. The summed E-state index contributed by atoms with van der Waals surface area (Å²) in [5.41, 5.74) is -0.587. The van der Waals surface area contributed by atoms with E-state index in [0.29, 0.717) is 0 Å². The van der Waals surface area contributed by atoms with Crippen molar-refractivity contribution < 1.29 is 24.2 Å². The van der Waals surface area contributed by atoms with Crippen LogP contribution in [0.5, 0.6) is 0 Å². The maximum Gasteiger partial charge on any atom is 0.407 e. The van der Waals surface area contributed by atoms with Crippen molar-refractivity contribution in [1.82, 2.24) is 5.32 Å². The maximum absolute atomic E-state index is 11.2. The van der Waals surface area contributed by atoms with E-state index in [9.17, 15) is 14.7 Å². The van der Waals surface area contributed by atoms with E-state index in [4.69, 9.17) is 4.74 Å². The smallest absolute Gasteiger partial charge is 0.407 e.